The first-order valence-corrected chi connectivity index (χ1v) is 7.89. The molecule has 0 spiro atoms. The average Bonchev–Trinajstić information content (AvgIpc) is 2.38. The first-order valence-electron chi connectivity index (χ1n) is 6.41. The van der Waals surface area contributed by atoms with Crippen molar-refractivity contribution >= 4 is 10.0 Å². The lowest BCUT2D eigenvalue weighted by atomic mass is 9.88. The molecule has 1 fully saturated rings. The summed E-state index contributed by atoms with van der Waals surface area (Å²) in [7, 11) is -3.79. The second kappa shape index (κ2) is 5.98. The highest BCUT2D eigenvalue weighted by molar-refractivity contribution is 7.89. The van der Waals surface area contributed by atoms with Crippen LogP contribution in [0.3, 0.4) is 0 Å². The Labute approximate surface area is 112 Å². The van der Waals surface area contributed by atoms with E-state index in [1.807, 2.05) is 0 Å². The fourth-order valence-electron chi connectivity index (χ4n) is 2.32. The third-order valence-electron chi connectivity index (χ3n) is 3.50. The standard InChI is InChI=1S/C13H18FNO3S/c14-12-3-1-2-4-13(12)19(17,18)15-9-10-5-7-11(16)8-6-10/h1-4,10-11,15-16H,5-9H2. The van der Waals surface area contributed by atoms with Gasteiger partial charge in [-0.15, -0.1) is 0 Å². The smallest absolute Gasteiger partial charge is 0.243 e. The maximum absolute atomic E-state index is 13.4. The van der Waals surface area contributed by atoms with E-state index >= 15 is 0 Å². The van der Waals surface area contributed by atoms with Crippen LogP contribution in [-0.2, 0) is 10.0 Å². The van der Waals surface area contributed by atoms with Gasteiger partial charge >= 0.3 is 0 Å². The van der Waals surface area contributed by atoms with Crippen LogP contribution in [0.5, 0.6) is 0 Å². The minimum Gasteiger partial charge on any atom is -0.393 e. The lowest BCUT2D eigenvalue weighted by Gasteiger charge is -2.25. The third kappa shape index (κ3) is 3.75. The van der Waals surface area contributed by atoms with E-state index in [2.05, 4.69) is 4.72 Å². The maximum atomic E-state index is 13.4. The van der Waals surface area contributed by atoms with Gasteiger partial charge in [0.15, 0.2) is 0 Å². The molecule has 0 bridgehead atoms. The number of benzene rings is 1. The van der Waals surface area contributed by atoms with Crippen LogP contribution in [0.15, 0.2) is 29.2 Å². The Morgan fingerprint density at radius 3 is 2.47 bits per heavy atom. The molecule has 0 saturated heterocycles. The molecule has 4 nitrogen and oxygen atoms in total. The lowest BCUT2D eigenvalue weighted by molar-refractivity contribution is 0.109. The van der Waals surface area contributed by atoms with Crippen molar-refractivity contribution in [3.8, 4) is 0 Å². The number of sulfonamides is 1. The van der Waals surface area contributed by atoms with Gasteiger partial charge in [0.1, 0.15) is 10.7 Å². The third-order valence-corrected chi connectivity index (χ3v) is 4.96. The molecule has 1 aromatic carbocycles. The van der Waals surface area contributed by atoms with Gasteiger partial charge in [0, 0.05) is 6.54 Å². The van der Waals surface area contributed by atoms with Crippen molar-refractivity contribution in [2.45, 2.75) is 36.7 Å². The minimum absolute atomic E-state index is 0.213. The van der Waals surface area contributed by atoms with Gasteiger partial charge in [0.25, 0.3) is 0 Å². The Morgan fingerprint density at radius 2 is 1.84 bits per heavy atom. The molecule has 0 radical (unpaired) electrons. The first-order chi connectivity index (χ1) is 8.99. The summed E-state index contributed by atoms with van der Waals surface area (Å²) >= 11 is 0. The van der Waals surface area contributed by atoms with Crippen LogP contribution < -0.4 is 4.72 Å². The van der Waals surface area contributed by atoms with Crippen LogP contribution in [0, 0.1) is 11.7 Å². The van der Waals surface area contributed by atoms with Gasteiger partial charge in [-0.3, -0.25) is 0 Å². The summed E-state index contributed by atoms with van der Waals surface area (Å²) in [4.78, 5) is -0.314. The average molecular weight is 287 g/mol. The number of rotatable bonds is 4. The molecule has 106 valence electrons. The quantitative estimate of drug-likeness (QED) is 0.885. The van der Waals surface area contributed by atoms with Gasteiger partial charge in [-0.1, -0.05) is 12.1 Å². The fourth-order valence-corrected chi connectivity index (χ4v) is 3.51. The topological polar surface area (TPSA) is 66.4 Å². The molecule has 1 aliphatic carbocycles. The van der Waals surface area contributed by atoms with Crippen LogP contribution in [0.4, 0.5) is 4.39 Å². The number of halogens is 1. The Balaban J connectivity index is 1.97. The van der Waals surface area contributed by atoms with Crippen molar-refractivity contribution < 1.29 is 17.9 Å². The molecule has 2 N–H and O–H groups in total. The summed E-state index contributed by atoms with van der Waals surface area (Å²) < 4.78 is 39.8. The summed E-state index contributed by atoms with van der Waals surface area (Å²) in [5, 5.41) is 9.38. The summed E-state index contributed by atoms with van der Waals surface area (Å²) in [5.74, 6) is -0.529. The van der Waals surface area contributed by atoms with Gasteiger partial charge in [-0.25, -0.2) is 17.5 Å². The van der Waals surface area contributed by atoms with Gasteiger partial charge in [0.2, 0.25) is 10.0 Å². The highest BCUT2D eigenvalue weighted by Gasteiger charge is 2.23. The highest BCUT2D eigenvalue weighted by atomic mass is 32.2. The van der Waals surface area contributed by atoms with Crippen molar-refractivity contribution in [3.05, 3.63) is 30.1 Å². The van der Waals surface area contributed by atoms with E-state index in [1.165, 1.54) is 18.2 Å². The van der Waals surface area contributed by atoms with Crippen LogP contribution in [-0.4, -0.2) is 26.2 Å². The van der Waals surface area contributed by atoms with Crippen molar-refractivity contribution in [2.24, 2.45) is 5.92 Å². The molecule has 0 unspecified atom stereocenters. The Bertz CT molecular complexity index is 524. The van der Waals surface area contributed by atoms with Crippen molar-refractivity contribution in [2.75, 3.05) is 6.54 Å². The number of hydrogen-bond acceptors (Lipinski definition) is 3. The van der Waals surface area contributed by atoms with Crippen molar-refractivity contribution in [1.29, 1.82) is 0 Å². The van der Waals surface area contributed by atoms with E-state index in [-0.39, 0.29) is 16.9 Å². The summed E-state index contributed by atoms with van der Waals surface area (Å²) in [6.07, 6.45) is 2.72. The molecule has 6 heteroatoms. The van der Waals surface area contributed by atoms with Gasteiger partial charge < -0.3 is 5.11 Å². The second-order valence-corrected chi connectivity index (χ2v) is 6.69. The van der Waals surface area contributed by atoms with E-state index < -0.39 is 15.8 Å². The molecule has 0 heterocycles. The summed E-state index contributed by atoms with van der Waals surface area (Å²) in [6, 6.07) is 5.33. The van der Waals surface area contributed by atoms with Crippen LogP contribution >= 0.6 is 0 Å². The highest BCUT2D eigenvalue weighted by Crippen LogP contribution is 2.24. The Morgan fingerprint density at radius 1 is 1.21 bits per heavy atom. The van der Waals surface area contributed by atoms with E-state index in [1.54, 1.807) is 0 Å². The minimum atomic E-state index is -3.79. The summed E-state index contributed by atoms with van der Waals surface area (Å²) in [5.41, 5.74) is 0. The predicted molar refractivity (Wildman–Crippen MR) is 69.6 cm³/mol. The summed E-state index contributed by atoms with van der Waals surface area (Å²) in [6.45, 7) is 0.295. The molecule has 0 aromatic heterocycles. The molecular formula is C13H18FNO3S. The van der Waals surface area contributed by atoms with Crippen LogP contribution in [0.2, 0.25) is 0 Å². The van der Waals surface area contributed by atoms with Gasteiger partial charge in [-0.2, -0.15) is 0 Å². The zero-order valence-electron chi connectivity index (χ0n) is 10.5. The Hall–Kier alpha value is -0.980. The number of aliphatic hydroxyl groups is 1. The van der Waals surface area contributed by atoms with Crippen molar-refractivity contribution in [1.82, 2.24) is 4.72 Å². The van der Waals surface area contributed by atoms with E-state index in [0.29, 0.717) is 19.4 Å². The van der Waals surface area contributed by atoms with Gasteiger partial charge in [0.05, 0.1) is 6.10 Å². The van der Waals surface area contributed by atoms with Crippen LogP contribution in [0.25, 0.3) is 0 Å². The molecular weight excluding hydrogens is 269 g/mol. The zero-order valence-corrected chi connectivity index (χ0v) is 11.4. The molecule has 1 aliphatic rings. The second-order valence-electron chi connectivity index (χ2n) is 4.96. The number of nitrogens with one attached hydrogen (secondary N) is 1. The van der Waals surface area contributed by atoms with Gasteiger partial charge in [-0.05, 0) is 43.7 Å². The van der Waals surface area contributed by atoms with Crippen LogP contribution in [0.1, 0.15) is 25.7 Å². The number of aliphatic hydroxyl groups excluding tert-OH is 1. The van der Waals surface area contributed by atoms with Crippen molar-refractivity contribution in [3.63, 3.8) is 0 Å². The molecule has 0 atom stereocenters. The predicted octanol–water partition coefficient (Wildman–Crippen LogP) is 1.66. The normalized spacial score (nSPS) is 24.3. The first kappa shape index (κ1) is 14.4. The van der Waals surface area contributed by atoms with E-state index in [9.17, 15) is 17.9 Å². The van der Waals surface area contributed by atoms with E-state index in [0.717, 1.165) is 18.9 Å². The largest absolute Gasteiger partial charge is 0.393 e. The van der Waals surface area contributed by atoms with E-state index in [4.69, 9.17) is 0 Å². The zero-order chi connectivity index (χ0) is 13.9. The molecule has 1 saturated carbocycles. The lowest BCUT2D eigenvalue weighted by Crippen LogP contribution is -2.32. The maximum Gasteiger partial charge on any atom is 0.243 e. The monoisotopic (exact) mass is 287 g/mol. The Kier molecular flexibility index (Phi) is 4.54. The fraction of sp³-hybridized carbons (Fsp3) is 0.538. The molecule has 0 aliphatic heterocycles. The SMILES string of the molecule is O=S(=O)(NCC1CCC(O)CC1)c1ccccc1F. The number of hydrogen-bond donors (Lipinski definition) is 2. The molecule has 19 heavy (non-hydrogen) atoms. The molecule has 1 aromatic rings. The molecule has 2 rings (SSSR count). The molecule has 0 amide bonds.